The second-order valence-electron chi connectivity index (χ2n) is 5.80. The molecule has 2 fully saturated rings. The van der Waals surface area contributed by atoms with Crippen molar-refractivity contribution in [2.75, 3.05) is 7.05 Å². The third kappa shape index (κ3) is 2.81. The van der Waals surface area contributed by atoms with Crippen molar-refractivity contribution in [3.63, 3.8) is 0 Å². The van der Waals surface area contributed by atoms with Gasteiger partial charge in [0, 0.05) is 12.1 Å². The van der Waals surface area contributed by atoms with Crippen molar-refractivity contribution in [1.29, 1.82) is 0 Å². The van der Waals surface area contributed by atoms with Gasteiger partial charge in [-0.25, -0.2) is 0 Å². The van der Waals surface area contributed by atoms with Gasteiger partial charge in [0.15, 0.2) is 0 Å². The van der Waals surface area contributed by atoms with Crippen LogP contribution in [0.2, 0.25) is 0 Å². The molecule has 0 amide bonds. The Morgan fingerprint density at radius 2 is 1.84 bits per heavy atom. The number of fused-ring (bicyclic) bond motifs is 2. The molecule has 2 heterocycles. The van der Waals surface area contributed by atoms with Crippen LogP contribution in [-0.4, -0.2) is 36.1 Å². The second-order valence-corrected chi connectivity index (χ2v) is 5.80. The Morgan fingerprint density at radius 3 is 2.47 bits per heavy atom. The lowest BCUT2D eigenvalue weighted by Gasteiger charge is -2.35. The van der Waals surface area contributed by atoms with Gasteiger partial charge in [-0.2, -0.15) is 0 Å². The van der Waals surface area contributed by atoms with Gasteiger partial charge in [0.05, 0.1) is 6.42 Å². The summed E-state index contributed by atoms with van der Waals surface area (Å²) in [5.74, 6) is -0.0832. The molecule has 3 heteroatoms. The number of ether oxygens (including phenoxy) is 1. The minimum absolute atomic E-state index is 0.0832. The van der Waals surface area contributed by atoms with Gasteiger partial charge >= 0.3 is 5.97 Å². The Bertz CT molecular complexity index is 431. The third-order valence-corrected chi connectivity index (χ3v) is 4.54. The number of hydrogen-bond acceptors (Lipinski definition) is 3. The first-order chi connectivity index (χ1) is 9.22. The summed E-state index contributed by atoms with van der Waals surface area (Å²) in [5, 5.41) is 0. The van der Waals surface area contributed by atoms with Crippen molar-refractivity contribution in [3.05, 3.63) is 35.9 Å². The molecule has 0 aliphatic carbocycles. The maximum Gasteiger partial charge on any atom is 0.310 e. The molecule has 1 aromatic rings. The number of hydrogen-bond donors (Lipinski definition) is 0. The minimum Gasteiger partial charge on any atom is -0.462 e. The van der Waals surface area contributed by atoms with E-state index in [2.05, 4.69) is 11.9 Å². The largest absolute Gasteiger partial charge is 0.462 e. The van der Waals surface area contributed by atoms with Crippen LogP contribution in [0.4, 0.5) is 0 Å². The molecule has 3 nitrogen and oxygen atoms in total. The molecule has 19 heavy (non-hydrogen) atoms. The van der Waals surface area contributed by atoms with Crippen molar-refractivity contribution in [3.8, 4) is 0 Å². The first kappa shape index (κ1) is 12.7. The molecule has 1 aromatic carbocycles. The predicted octanol–water partition coefficient (Wildman–Crippen LogP) is 2.40. The Balaban J connectivity index is 1.53. The van der Waals surface area contributed by atoms with Crippen LogP contribution in [0.5, 0.6) is 0 Å². The summed E-state index contributed by atoms with van der Waals surface area (Å²) in [5.41, 5.74) is 1.03. The molecule has 2 aliphatic heterocycles. The predicted molar refractivity (Wildman–Crippen MR) is 73.8 cm³/mol. The molecule has 0 radical (unpaired) electrons. The van der Waals surface area contributed by atoms with Crippen molar-refractivity contribution in [2.45, 2.75) is 50.3 Å². The molecule has 2 saturated heterocycles. The Hall–Kier alpha value is -1.35. The highest BCUT2D eigenvalue weighted by molar-refractivity contribution is 5.72. The smallest absolute Gasteiger partial charge is 0.310 e. The first-order valence-electron chi connectivity index (χ1n) is 7.17. The fraction of sp³-hybridized carbons (Fsp3) is 0.562. The maximum absolute atomic E-state index is 12.0. The van der Waals surface area contributed by atoms with Crippen LogP contribution in [0.25, 0.3) is 0 Å². The van der Waals surface area contributed by atoms with Crippen molar-refractivity contribution < 1.29 is 9.53 Å². The molecule has 2 bridgehead atoms. The number of benzene rings is 1. The lowest BCUT2D eigenvalue weighted by molar-refractivity contribution is -0.151. The standard InChI is InChI=1S/C16H21NO2/c1-17-13-7-8-14(17)11-15(10-13)19-16(18)9-12-5-3-2-4-6-12/h2-6,13-15H,7-11H2,1H3/t13-,14+,15?/i16+1. The van der Waals surface area contributed by atoms with Crippen molar-refractivity contribution in [2.24, 2.45) is 0 Å². The van der Waals surface area contributed by atoms with Gasteiger partial charge in [-0.1, -0.05) is 30.3 Å². The summed E-state index contributed by atoms with van der Waals surface area (Å²) in [4.78, 5) is 14.4. The second kappa shape index (κ2) is 5.33. The zero-order valence-electron chi connectivity index (χ0n) is 11.4. The average Bonchev–Trinajstić information content (AvgIpc) is 2.63. The van der Waals surface area contributed by atoms with Crippen LogP contribution in [0.3, 0.4) is 0 Å². The summed E-state index contributed by atoms with van der Waals surface area (Å²) < 4.78 is 5.66. The van der Waals surface area contributed by atoms with Crippen LogP contribution in [0, 0.1) is 0 Å². The molecular formula is C16H21NO2. The van der Waals surface area contributed by atoms with Gasteiger partial charge in [0.1, 0.15) is 6.10 Å². The first-order valence-corrected chi connectivity index (χ1v) is 7.17. The van der Waals surface area contributed by atoms with Crippen LogP contribution in [0.1, 0.15) is 31.2 Å². The summed E-state index contributed by atoms with van der Waals surface area (Å²) >= 11 is 0. The topological polar surface area (TPSA) is 29.5 Å². The third-order valence-electron chi connectivity index (χ3n) is 4.54. The molecule has 1 unspecified atom stereocenters. The summed E-state index contributed by atoms with van der Waals surface area (Å²) in [6.07, 6.45) is 5.05. The molecule has 2 aliphatic rings. The van der Waals surface area contributed by atoms with E-state index in [-0.39, 0.29) is 12.1 Å². The molecule has 102 valence electrons. The van der Waals surface area contributed by atoms with Crippen LogP contribution >= 0.6 is 0 Å². The SMILES string of the molecule is CN1[C@@H]2CC[C@H]1CC(O[13C](=O)Cc1ccccc1)C2. The molecule has 0 N–H and O–H groups in total. The van der Waals surface area contributed by atoms with E-state index in [1.807, 2.05) is 30.3 Å². The van der Waals surface area contributed by atoms with E-state index < -0.39 is 0 Å². The van der Waals surface area contributed by atoms with Crippen LogP contribution in [-0.2, 0) is 16.0 Å². The fourth-order valence-corrected chi connectivity index (χ4v) is 3.45. The maximum atomic E-state index is 12.0. The summed E-state index contributed by atoms with van der Waals surface area (Å²) in [6.45, 7) is 0. The van der Waals surface area contributed by atoms with Crippen LogP contribution < -0.4 is 0 Å². The number of carbonyl (C=O) groups excluding carboxylic acids is 1. The number of rotatable bonds is 3. The highest BCUT2D eigenvalue weighted by Gasteiger charge is 2.39. The molecule has 0 spiro atoms. The van der Waals surface area contributed by atoms with Gasteiger partial charge < -0.3 is 9.64 Å². The van der Waals surface area contributed by atoms with E-state index in [0.29, 0.717) is 18.5 Å². The Morgan fingerprint density at radius 1 is 1.21 bits per heavy atom. The fourth-order valence-electron chi connectivity index (χ4n) is 3.45. The van der Waals surface area contributed by atoms with Gasteiger partial charge in [0.2, 0.25) is 0 Å². The molecule has 0 saturated carbocycles. The summed E-state index contributed by atoms with van der Waals surface area (Å²) in [6, 6.07) is 11.1. The molecule has 0 aromatic heterocycles. The normalized spacial score (nSPS) is 30.3. The van der Waals surface area contributed by atoms with E-state index in [1.54, 1.807) is 0 Å². The number of nitrogens with zero attached hydrogens (tertiary/aromatic N) is 1. The van der Waals surface area contributed by atoms with Crippen molar-refractivity contribution >= 4 is 5.97 Å². The van der Waals surface area contributed by atoms with Crippen molar-refractivity contribution in [1.82, 2.24) is 4.90 Å². The Labute approximate surface area is 114 Å². The van der Waals surface area contributed by atoms with E-state index in [1.165, 1.54) is 12.8 Å². The number of piperidine rings is 1. The van der Waals surface area contributed by atoms with E-state index in [9.17, 15) is 4.79 Å². The van der Waals surface area contributed by atoms with Gasteiger partial charge in [-0.15, -0.1) is 0 Å². The minimum atomic E-state index is -0.0832. The average molecular weight is 260 g/mol. The molecule has 3 atom stereocenters. The van der Waals surface area contributed by atoms with E-state index in [0.717, 1.165) is 18.4 Å². The lowest BCUT2D eigenvalue weighted by atomic mass is 10.0. The van der Waals surface area contributed by atoms with Gasteiger partial charge in [-0.3, -0.25) is 4.79 Å². The molecular weight excluding hydrogens is 239 g/mol. The van der Waals surface area contributed by atoms with E-state index >= 15 is 0 Å². The summed E-state index contributed by atoms with van der Waals surface area (Å²) in [7, 11) is 2.20. The quantitative estimate of drug-likeness (QED) is 0.617. The number of carbonyl (C=O) groups is 1. The lowest BCUT2D eigenvalue weighted by Crippen LogP contribution is -2.43. The van der Waals surface area contributed by atoms with Crippen LogP contribution in [0.15, 0.2) is 30.3 Å². The monoisotopic (exact) mass is 260 g/mol. The highest BCUT2D eigenvalue weighted by Crippen LogP contribution is 2.35. The zero-order valence-corrected chi connectivity index (χ0v) is 11.4. The zero-order chi connectivity index (χ0) is 13.2. The van der Waals surface area contributed by atoms with Gasteiger partial charge in [-0.05, 0) is 38.3 Å². The van der Waals surface area contributed by atoms with Gasteiger partial charge in [0.25, 0.3) is 0 Å². The number of esters is 1. The highest BCUT2D eigenvalue weighted by atomic mass is 16.6. The molecule has 3 rings (SSSR count). The Kier molecular flexibility index (Phi) is 3.56. The van der Waals surface area contributed by atoms with E-state index in [4.69, 9.17) is 4.74 Å².